The van der Waals surface area contributed by atoms with E-state index in [1.807, 2.05) is 0 Å². The van der Waals surface area contributed by atoms with Gasteiger partial charge in [-0.1, -0.05) is 13.5 Å². The lowest BCUT2D eigenvalue weighted by molar-refractivity contribution is 0.690. The third-order valence-corrected chi connectivity index (χ3v) is 0.979. The summed E-state index contributed by atoms with van der Waals surface area (Å²) in [6.07, 6.45) is 1.14. The van der Waals surface area contributed by atoms with Crippen LogP contribution in [0.4, 0.5) is 0 Å². The molecule has 0 aliphatic heterocycles. The van der Waals surface area contributed by atoms with Crippen LogP contribution in [0.25, 0.3) is 0 Å². The van der Waals surface area contributed by atoms with Gasteiger partial charge in [-0.15, -0.1) is 0 Å². The van der Waals surface area contributed by atoms with Crippen LogP contribution < -0.4 is 10.6 Å². The van der Waals surface area contributed by atoms with Crippen molar-refractivity contribution in [2.24, 2.45) is 0 Å². The molecule has 0 atom stereocenters. The van der Waals surface area contributed by atoms with Crippen molar-refractivity contribution >= 4 is 0 Å². The molecule has 0 radical (unpaired) electrons. The zero-order valence-electron chi connectivity index (χ0n) is 6.33. The first kappa shape index (κ1) is 8.34. The monoisotopic (exact) mass is 128 g/mol. The highest BCUT2D eigenvalue weighted by molar-refractivity contribution is 4.86. The van der Waals surface area contributed by atoms with E-state index in [4.69, 9.17) is 0 Å². The molecule has 0 saturated heterocycles. The van der Waals surface area contributed by atoms with E-state index in [-0.39, 0.29) is 0 Å². The lowest BCUT2D eigenvalue weighted by Gasteiger charge is -2.07. The molecule has 0 aromatic heterocycles. The van der Waals surface area contributed by atoms with Gasteiger partial charge < -0.3 is 10.6 Å². The summed E-state index contributed by atoms with van der Waals surface area (Å²) >= 11 is 0. The van der Waals surface area contributed by atoms with Gasteiger partial charge in [0.05, 0.1) is 5.82 Å². The molecular weight excluding hydrogens is 112 g/mol. The van der Waals surface area contributed by atoms with Crippen molar-refractivity contribution in [2.75, 3.05) is 13.1 Å². The van der Waals surface area contributed by atoms with Crippen LogP contribution in [0.3, 0.4) is 0 Å². The Bertz CT molecular complexity index is 79.0. The van der Waals surface area contributed by atoms with Gasteiger partial charge in [-0.3, -0.25) is 0 Å². The molecule has 2 heteroatoms. The Morgan fingerprint density at radius 1 is 1.33 bits per heavy atom. The predicted octanol–water partition coefficient (Wildman–Crippen LogP) is 1.07. The molecule has 2 nitrogen and oxygen atoms in total. The first-order valence-electron chi connectivity index (χ1n) is 3.47. The summed E-state index contributed by atoms with van der Waals surface area (Å²) in [5, 5.41) is 6.20. The zero-order chi connectivity index (χ0) is 7.11. The van der Waals surface area contributed by atoms with Crippen LogP contribution in [0.1, 0.15) is 20.3 Å². The number of hydrogen-bond acceptors (Lipinski definition) is 2. The minimum atomic E-state index is 0.930. The molecule has 0 spiro atoms. The SMILES string of the molecule is C=C(NCC)NCCC. The van der Waals surface area contributed by atoms with E-state index in [1.54, 1.807) is 0 Å². The highest BCUT2D eigenvalue weighted by Gasteiger charge is 1.84. The van der Waals surface area contributed by atoms with Crippen molar-refractivity contribution in [1.29, 1.82) is 0 Å². The number of nitrogens with one attached hydrogen (secondary N) is 2. The first-order chi connectivity index (χ1) is 4.31. The van der Waals surface area contributed by atoms with E-state index in [9.17, 15) is 0 Å². The van der Waals surface area contributed by atoms with Crippen LogP contribution >= 0.6 is 0 Å². The molecule has 0 aromatic carbocycles. The summed E-state index contributed by atoms with van der Waals surface area (Å²) in [6.45, 7) is 9.89. The van der Waals surface area contributed by atoms with Gasteiger partial charge in [0.15, 0.2) is 0 Å². The van der Waals surface area contributed by atoms with Crippen molar-refractivity contribution in [3.63, 3.8) is 0 Å². The van der Waals surface area contributed by atoms with E-state index < -0.39 is 0 Å². The summed E-state index contributed by atoms with van der Waals surface area (Å²) < 4.78 is 0. The molecule has 9 heavy (non-hydrogen) atoms. The number of hydrogen-bond donors (Lipinski definition) is 2. The minimum Gasteiger partial charge on any atom is -0.373 e. The fourth-order valence-corrected chi connectivity index (χ4v) is 0.552. The standard InChI is InChI=1S/C7H16N2/c1-4-6-9-7(3)8-5-2/h8-9H,3-6H2,1-2H3. The summed E-state index contributed by atoms with van der Waals surface area (Å²) in [7, 11) is 0. The zero-order valence-corrected chi connectivity index (χ0v) is 6.33. The molecule has 0 saturated carbocycles. The van der Waals surface area contributed by atoms with Crippen molar-refractivity contribution in [1.82, 2.24) is 10.6 Å². The van der Waals surface area contributed by atoms with Crippen LogP contribution in [0.5, 0.6) is 0 Å². The van der Waals surface area contributed by atoms with Gasteiger partial charge in [-0.2, -0.15) is 0 Å². The van der Waals surface area contributed by atoms with Crippen LogP contribution in [0, 0.1) is 0 Å². The summed E-state index contributed by atoms with van der Waals surface area (Å²) in [6, 6.07) is 0. The molecule has 0 bridgehead atoms. The molecule has 0 aliphatic carbocycles. The molecule has 0 heterocycles. The Balaban J connectivity index is 3.06. The molecular formula is C7H16N2. The highest BCUT2D eigenvalue weighted by Crippen LogP contribution is 1.76. The second-order valence-electron chi connectivity index (χ2n) is 1.94. The van der Waals surface area contributed by atoms with Gasteiger partial charge in [0.2, 0.25) is 0 Å². The molecule has 0 rings (SSSR count). The van der Waals surface area contributed by atoms with Gasteiger partial charge in [-0.25, -0.2) is 0 Å². The Kier molecular flexibility index (Phi) is 5.07. The average molecular weight is 128 g/mol. The fourth-order valence-electron chi connectivity index (χ4n) is 0.552. The Morgan fingerprint density at radius 3 is 2.44 bits per heavy atom. The lowest BCUT2D eigenvalue weighted by Crippen LogP contribution is -2.25. The maximum Gasteiger partial charge on any atom is 0.0912 e. The van der Waals surface area contributed by atoms with Crippen LogP contribution in [-0.2, 0) is 0 Å². The van der Waals surface area contributed by atoms with Crippen LogP contribution in [-0.4, -0.2) is 13.1 Å². The van der Waals surface area contributed by atoms with Gasteiger partial charge in [-0.05, 0) is 13.3 Å². The maximum absolute atomic E-state index is 3.76. The van der Waals surface area contributed by atoms with Gasteiger partial charge >= 0.3 is 0 Å². The van der Waals surface area contributed by atoms with Gasteiger partial charge in [0, 0.05) is 13.1 Å². The second-order valence-corrected chi connectivity index (χ2v) is 1.94. The average Bonchev–Trinajstić information content (AvgIpc) is 1.85. The number of rotatable bonds is 5. The molecule has 0 unspecified atom stereocenters. The Labute approximate surface area is 57.3 Å². The van der Waals surface area contributed by atoms with E-state index in [1.165, 1.54) is 0 Å². The summed E-state index contributed by atoms with van der Waals surface area (Å²) in [4.78, 5) is 0. The largest absolute Gasteiger partial charge is 0.373 e. The normalized spacial score (nSPS) is 8.67. The molecule has 2 N–H and O–H groups in total. The quantitative estimate of drug-likeness (QED) is 0.578. The van der Waals surface area contributed by atoms with Crippen LogP contribution in [0.2, 0.25) is 0 Å². The van der Waals surface area contributed by atoms with E-state index in [2.05, 4.69) is 31.1 Å². The third kappa shape index (κ3) is 5.21. The fraction of sp³-hybridized carbons (Fsp3) is 0.714. The topological polar surface area (TPSA) is 24.1 Å². The van der Waals surface area contributed by atoms with E-state index in [0.29, 0.717) is 0 Å². The van der Waals surface area contributed by atoms with Gasteiger partial charge in [0.1, 0.15) is 0 Å². The van der Waals surface area contributed by atoms with Crippen molar-refractivity contribution in [2.45, 2.75) is 20.3 Å². The van der Waals surface area contributed by atoms with E-state index in [0.717, 1.165) is 25.3 Å². The van der Waals surface area contributed by atoms with Gasteiger partial charge in [0.25, 0.3) is 0 Å². The van der Waals surface area contributed by atoms with Crippen molar-refractivity contribution < 1.29 is 0 Å². The maximum atomic E-state index is 3.76. The Morgan fingerprint density at radius 2 is 2.00 bits per heavy atom. The lowest BCUT2D eigenvalue weighted by atomic mass is 10.5. The molecule has 0 amide bonds. The molecule has 0 aromatic rings. The Hall–Kier alpha value is -0.660. The smallest absolute Gasteiger partial charge is 0.0912 e. The second kappa shape index (κ2) is 5.48. The highest BCUT2D eigenvalue weighted by atomic mass is 15.1. The van der Waals surface area contributed by atoms with Crippen LogP contribution in [0.15, 0.2) is 12.4 Å². The summed E-state index contributed by atoms with van der Waals surface area (Å²) in [5.74, 6) is 0.930. The van der Waals surface area contributed by atoms with E-state index >= 15 is 0 Å². The van der Waals surface area contributed by atoms with Crippen molar-refractivity contribution in [3.8, 4) is 0 Å². The predicted molar refractivity (Wildman–Crippen MR) is 41.1 cm³/mol. The third-order valence-electron chi connectivity index (χ3n) is 0.979. The molecule has 0 fully saturated rings. The molecule has 0 aliphatic rings. The first-order valence-corrected chi connectivity index (χ1v) is 3.47. The van der Waals surface area contributed by atoms with Crippen molar-refractivity contribution in [3.05, 3.63) is 12.4 Å². The minimum absolute atomic E-state index is 0.930. The molecule has 54 valence electrons. The summed E-state index contributed by atoms with van der Waals surface area (Å²) in [5.41, 5.74) is 0.